The maximum Gasteiger partial charge on any atom is 0.391 e. The van der Waals surface area contributed by atoms with E-state index >= 15 is 0 Å². The molecule has 2 rings (SSSR count). The van der Waals surface area contributed by atoms with Crippen LogP contribution in [0.1, 0.15) is 40.2 Å². The molecule has 1 aromatic heterocycles. The quantitative estimate of drug-likeness (QED) is 0.625. The second kappa shape index (κ2) is 7.73. The summed E-state index contributed by atoms with van der Waals surface area (Å²) in [6.45, 7) is 0. The minimum absolute atomic E-state index is 0.213. The maximum absolute atomic E-state index is 13.0. The van der Waals surface area contributed by atoms with Crippen molar-refractivity contribution in [2.75, 3.05) is 7.11 Å². The second-order valence-corrected chi connectivity index (χ2v) is 6.25. The minimum Gasteiger partial charge on any atom is -0.464 e. The van der Waals surface area contributed by atoms with Crippen molar-refractivity contribution in [1.82, 2.24) is 10.3 Å². The van der Waals surface area contributed by atoms with Gasteiger partial charge in [-0.1, -0.05) is 6.07 Å². The van der Waals surface area contributed by atoms with Crippen LogP contribution in [0.15, 0.2) is 18.2 Å². The number of hydrogen-bond acceptors (Lipinski definition) is 4. The highest BCUT2D eigenvalue weighted by atomic mass is 19.4. The molecule has 5 nitrogen and oxygen atoms in total. The lowest BCUT2D eigenvalue weighted by Crippen LogP contribution is -2.47. The van der Waals surface area contributed by atoms with Crippen LogP contribution in [-0.2, 0) is 4.74 Å². The van der Waals surface area contributed by atoms with Crippen LogP contribution in [-0.4, -0.2) is 42.4 Å². The highest BCUT2D eigenvalue weighted by Crippen LogP contribution is 2.45. The van der Waals surface area contributed by atoms with Crippen molar-refractivity contribution in [3.63, 3.8) is 0 Å². The van der Waals surface area contributed by atoms with Crippen molar-refractivity contribution in [1.29, 1.82) is 0 Å². The van der Waals surface area contributed by atoms with Gasteiger partial charge in [-0.25, -0.2) is 9.78 Å². The molecular weight excluding hydrogens is 382 g/mol. The Balaban J connectivity index is 2.16. The number of alkyl halides is 6. The summed E-state index contributed by atoms with van der Waals surface area (Å²) in [6.07, 6.45) is -12.0. The van der Waals surface area contributed by atoms with Crippen LogP contribution in [0.4, 0.5) is 26.3 Å². The lowest BCUT2D eigenvalue weighted by molar-refractivity contribution is -0.225. The molecule has 0 aromatic carbocycles. The summed E-state index contributed by atoms with van der Waals surface area (Å²) in [5.74, 6) is -6.14. The Labute approximate surface area is 150 Å². The number of carbonyl (C=O) groups is 2. The van der Waals surface area contributed by atoms with E-state index in [9.17, 15) is 35.9 Å². The summed E-state index contributed by atoms with van der Waals surface area (Å²) >= 11 is 0. The molecule has 27 heavy (non-hydrogen) atoms. The Hall–Kier alpha value is -2.33. The Morgan fingerprint density at radius 3 is 2.00 bits per heavy atom. The average Bonchev–Trinajstić information content (AvgIpc) is 2.59. The van der Waals surface area contributed by atoms with E-state index in [1.54, 1.807) is 0 Å². The van der Waals surface area contributed by atoms with E-state index in [-0.39, 0.29) is 11.4 Å². The molecule has 0 bridgehead atoms. The van der Waals surface area contributed by atoms with Gasteiger partial charge in [0.1, 0.15) is 11.4 Å². The third-order valence-electron chi connectivity index (χ3n) is 4.34. The Kier molecular flexibility index (Phi) is 6.01. The number of nitrogens with one attached hydrogen (secondary N) is 1. The molecule has 0 spiro atoms. The zero-order valence-corrected chi connectivity index (χ0v) is 14.0. The molecule has 1 heterocycles. The fourth-order valence-corrected chi connectivity index (χ4v) is 3.01. The Bertz CT molecular complexity index is 682. The molecule has 3 atom stereocenters. The molecule has 1 unspecified atom stereocenters. The van der Waals surface area contributed by atoms with Crippen LogP contribution in [0.2, 0.25) is 0 Å². The lowest BCUT2D eigenvalue weighted by atomic mass is 9.77. The van der Waals surface area contributed by atoms with Crippen LogP contribution in [0, 0.1) is 11.8 Å². The predicted molar refractivity (Wildman–Crippen MR) is 79.8 cm³/mol. The topological polar surface area (TPSA) is 68.3 Å². The summed E-state index contributed by atoms with van der Waals surface area (Å²) in [7, 11) is 1.09. The van der Waals surface area contributed by atoms with Crippen LogP contribution in [0.25, 0.3) is 0 Å². The fraction of sp³-hybridized carbons (Fsp3) is 0.562. The molecule has 0 aliphatic heterocycles. The van der Waals surface area contributed by atoms with Crippen LogP contribution >= 0.6 is 0 Å². The van der Waals surface area contributed by atoms with E-state index in [2.05, 4.69) is 15.0 Å². The maximum atomic E-state index is 13.0. The summed E-state index contributed by atoms with van der Waals surface area (Å²) in [4.78, 5) is 27.3. The van der Waals surface area contributed by atoms with Gasteiger partial charge in [0, 0.05) is 6.04 Å². The summed E-state index contributed by atoms with van der Waals surface area (Å²) < 4.78 is 82.3. The van der Waals surface area contributed by atoms with E-state index < -0.39 is 61.4 Å². The normalized spacial score (nSPS) is 23.6. The van der Waals surface area contributed by atoms with Gasteiger partial charge in [-0.05, 0) is 31.4 Å². The zero-order valence-electron chi connectivity index (χ0n) is 14.0. The van der Waals surface area contributed by atoms with Crippen molar-refractivity contribution in [3.05, 3.63) is 29.6 Å². The molecule has 0 radical (unpaired) electrons. The second-order valence-electron chi connectivity index (χ2n) is 6.25. The number of methoxy groups -OCH3 is 1. The van der Waals surface area contributed by atoms with Gasteiger partial charge in [0.15, 0.2) is 0 Å². The van der Waals surface area contributed by atoms with Crippen molar-refractivity contribution >= 4 is 11.9 Å². The molecule has 11 heteroatoms. The third kappa shape index (κ3) is 5.33. The monoisotopic (exact) mass is 398 g/mol. The highest BCUT2D eigenvalue weighted by molar-refractivity contribution is 5.94. The Morgan fingerprint density at radius 1 is 1.00 bits per heavy atom. The molecule has 1 aromatic rings. The number of hydrogen-bond donors (Lipinski definition) is 1. The first-order chi connectivity index (χ1) is 12.4. The number of rotatable bonds is 3. The number of carbonyl (C=O) groups excluding carboxylic acids is 2. The van der Waals surface area contributed by atoms with Gasteiger partial charge in [0.05, 0.1) is 18.9 Å². The van der Waals surface area contributed by atoms with Crippen molar-refractivity contribution in [2.24, 2.45) is 11.8 Å². The van der Waals surface area contributed by atoms with E-state index in [4.69, 9.17) is 0 Å². The van der Waals surface area contributed by atoms with Crippen LogP contribution in [0.5, 0.6) is 0 Å². The minimum atomic E-state index is -4.80. The fourth-order valence-electron chi connectivity index (χ4n) is 3.01. The van der Waals surface area contributed by atoms with Gasteiger partial charge in [-0.3, -0.25) is 4.79 Å². The number of amides is 1. The van der Waals surface area contributed by atoms with E-state index in [1.165, 1.54) is 18.2 Å². The summed E-state index contributed by atoms with van der Waals surface area (Å²) in [5, 5.41) is 2.17. The molecule has 1 amide bonds. The largest absolute Gasteiger partial charge is 0.464 e. The van der Waals surface area contributed by atoms with Gasteiger partial charge in [-0.15, -0.1) is 0 Å². The molecule has 1 fully saturated rings. The first-order valence-corrected chi connectivity index (χ1v) is 7.91. The van der Waals surface area contributed by atoms with Crippen LogP contribution in [0.3, 0.4) is 0 Å². The van der Waals surface area contributed by atoms with E-state index in [1.807, 2.05) is 0 Å². The van der Waals surface area contributed by atoms with E-state index in [0.717, 1.165) is 7.11 Å². The van der Waals surface area contributed by atoms with Crippen molar-refractivity contribution < 1.29 is 40.7 Å². The van der Waals surface area contributed by atoms with Crippen molar-refractivity contribution in [2.45, 2.75) is 37.7 Å². The molecule has 0 saturated heterocycles. The molecule has 150 valence electrons. The summed E-state index contributed by atoms with van der Waals surface area (Å²) in [5.41, 5.74) is -0.522. The number of ether oxygens (including phenoxy) is 1. The van der Waals surface area contributed by atoms with Gasteiger partial charge >= 0.3 is 18.3 Å². The van der Waals surface area contributed by atoms with Crippen LogP contribution < -0.4 is 5.32 Å². The smallest absolute Gasteiger partial charge is 0.391 e. The number of pyridine rings is 1. The first-order valence-electron chi connectivity index (χ1n) is 7.91. The number of esters is 1. The Morgan fingerprint density at radius 2 is 1.52 bits per heavy atom. The SMILES string of the molecule is COC(=O)c1cccc(C(=O)NC2C[C@@H](C(F)(F)F)C[C@@H](C(F)(F)F)C2)n1. The number of aromatic nitrogens is 1. The number of halogens is 6. The average molecular weight is 398 g/mol. The van der Waals surface area contributed by atoms with Gasteiger partial charge in [-0.2, -0.15) is 26.3 Å². The highest BCUT2D eigenvalue weighted by Gasteiger charge is 2.52. The van der Waals surface area contributed by atoms with Gasteiger partial charge in [0.25, 0.3) is 5.91 Å². The molecule has 1 aliphatic rings. The standard InChI is InChI=1S/C16H16F6N2O3/c1-27-14(26)12-4-2-3-11(24-12)13(25)23-10-6-8(15(17,18)19)5-9(7-10)16(20,21)22/h2-4,8-10H,5-7H2,1H3,(H,23,25)/t8-,9+,10?. The molecular formula is C16H16F6N2O3. The lowest BCUT2D eigenvalue weighted by Gasteiger charge is -2.36. The molecule has 1 aliphatic carbocycles. The molecule has 1 N–H and O–H groups in total. The third-order valence-corrected chi connectivity index (χ3v) is 4.34. The van der Waals surface area contributed by atoms with Crippen molar-refractivity contribution in [3.8, 4) is 0 Å². The number of nitrogens with zero attached hydrogens (tertiary/aromatic N) is 1. The first kappa shape index (κ1) is 21.0. The van der Waals surface area contributed by atoms with Gasteiger partial charge in [0.2, 0.25) is 0 Å². The summed E-state index contributed by atoms with van der Waals surface area (Å²) in [6, 6.07) is 2.41. The van der Waals surface area contributed by atoms with Gasteiger partial charge < -0.3 is 10.1 Å². The van der Waals surface area contributed by atoms with E-state index in [0.29, 0.717) is 0 Å². The zero-order chi connectivity index (χ0) is 20.4. The predicted octanol–water partition coefficient (Wildman–Crippen LogP) is 3.51. The molecule has 1 saturated carbocycles.